The van der Waals surface area contributed by atoms with Gasteiger partial charge in [0.05, 0.1) is 17.3 Å². The van der Waals surface area contributed by atoms with Crippen molar-refractivity contribution < 1.29 is 26.7 Å². The van der Waals surface area contributed by atoms with Gasteiger partial charge in [-0.2, -0.15) is 18.2 Å². The molecule has 1 amide bonds. The Balaban J connectivity index is 1.62. The molecule has 0 spiro atoms. The highest BCUT2D eigenvalue weighted by molar-refractivity contribution is 7.99. The van der Waals surface area contributed by atoms with E-state index in [1.165, 1.54) is 34.9 Å². The van der Waals surface area contributed by atoms with Crippen LogP contribution in [0.3, 0.4) is 0 Å². The SMILES string of the molecule is C=CC(=O)N1[C@H](C)CN(c2nc(=O)n3c4c(c(-c5ccc(F)cc5)c(C(F)(F)F)cc24)SC[C@@H](c2ccc(F)cn2)C3)C[C@@H]1C. The van der Waals surface area contributed by atoms with Crippen LogP contribution in [0, 0.1) is 11.6 Å². The third-order valence-corrected chi connectivity index (χ3v) is 9.54. The van der Waals surface area contributed by atoms with Crippen LogP contribution in [0.4, 0.5) is 27.8 Å². The normalized spacial score (nSPS) is 20.3. The lowest BCUT2D eigenvalue weighted by atomic mass is 9.96. The number of nitrogens with zero attached hydrogens (tertiary/aromatic N) is 5. The summed E-state index contributed by atoms with van der Waals surface area (Å²) in [6.07, 6.45) is -2.54. The number of carbonyl (C=O) groups excluding carboxylic acids is 1. The highest BCUT2D eigenvalue weighted by Crippen LogP contribution is 2.49. The van der Waals surface area contributed by atoms with E-state index in [1.54, 1.807) is 9.80 Å². The Kier molecular flexibility index (Phi) is 7.92. The number of hydrogen-bond donors (Lipinski definition) is 0. The molecule has 2 aliphatic rings. The van der Waals surface area contributed by atoms with Crippen LogP contribution in [-0.4, -0.2) is 56.3 Å². The van der Waals surface area contributed by atoms with Gasteiger partial charge in [-0.1, -0.05) is 18.7 Å². The standard InChI is InChI=1S/C32H28F5N5O2S/c1-4-26(43)42-17(2)13-40(14-18(42)3)30-23-11-24(32(35,36)37)27(19-5-7-21(33)8-6-19)29-28(23)41(31(44)39-30)15-20(16-45-29)25-10-9-22(34)12-38-25/h4-12,17-18,20H,1,13-16H2,2-3H3/t17-,18+,20-/m0/s1. The third-order valence-electron chi connectivity index (χ3n) is 8.28. The van der Waals surface area contributed by atoms with Crippen molar-refractivity contribution in [3.63, 3.8) is 0 Å². The number of halogens is 5. The molecule has 234 valence electrons. The Morgan fingerprint density at radius 2 is 1.69 bits per heavy atom. The summed E-state index contributed by atoms with van der Waals surface area (Å²) in [5.74, 6) is -1.55. The Morgan fingerprint density at radius 1 is 1.02 bits per heavy atom. The molecule has 1 saturated heterocycles. The number of thioether (sulfide) groups is 1. The largest absolute Gasteiger partial charge is 0.417 e. The van der Waals surface area contributed by atoms with Crippen molar-refractivity contribution in [3.05, 3.63) is 94.7 Å². The van der Waals surface area contributed by atoms with Crippen LogP contribution in [0.2, 0.25) is 0 Å². The first-order chi connectivity index (χ1) is 21.4. The number of aromatic nitrogens is 3. The van der Waals surface area contributed by atoms with Crippen molar-refractivity contribution in [2.24, 2.45) is 0 Å². The van der Waals surface area contributed by atoms with Crippen molar-refractivity contribution >= 4 is 34.4 Å². The number of hydrogen-bond acceptors (Lipinski definition) is 6. The van der Waals surface area contributed by atoms with E-state index in [9.17, 15) is 31.5 Å². The van der Waals surface area contributed by atoms with Gasteiger partial charge >= 0.3 is 11.9 Å². The Bertz CT molecular complexity index is 1850. The molecule has 0 radical (unpaired) electrons. The van der Waals surface area contributed by atoms with Gasteiger partial charge in [0, 0.05) is 64.9 Å². The summed E-state index contributed by atoms with van der Waals surface area (Å²) in [7, 11) is 0. The molecule has 2 aliphatic heterocycles. The second kappa shape index (κ2) is 11.6. The molecule has 4 heterocycles. The van der Waals surface area contributed by atoms with E-state index >= 15 is 0 Å². The molecule has 7 nitrogen and oxygen atoms in total. The van der Waals surface area contributed by atoms with Gasteiger partial charge in [-0.15, -0.1) is 11.8 Å². The maximum Gasteiger partial charge on any atom is 0.417 e. The molecule has 0 unspecified atom stereocenters. The maximum atomic E-state index is 14.9. The number of pyridine rings is 1. The first-order valence-corrected chi connectivity index (χ1v) is 15.2. The molecule has 0 aliphatic carbocycles. The van der Waals surface area contributed by atoms with Gasteiger partial charge in [-0.25, -0.2) is 13.6 Å². The molecule has 0 N–H and O–H groups in total. The zero-order valence-corrected chi connectivity index (χ0v) is 25.1. The van der Waals surface area contributed by atoms with Crippen LogP contribution < -0.4 is 10.6 Å². The highest BCUT2D eigenvalue weighted by atomic mass is 32.2. The fourth-order valence-electron chi connectivity index (χ4n) is 6.37. The minimum absolute atomic E-state index is 0.0455. The molecular formula is C32H28F5N5O2S. The number of carbonyl (C=O) groups is 1. The van der Waals surface area contributed by atoms with Crippen molar-refractivity contribution in [3.8, 4) is 11.1 Å². The first-order valence-electron chi connectivity index (χ1n) is 14.3. The average molecular weight is 642 g/mol. The number of rotatable bonds is 4. The van der Waals surface area contributed by atoms with Gasteiger partial charge in [-0.3, -0.25) is 14.3 Å². The van der Waals surface area contributed by atoms with Gasteiger partial charge in [0.25, 0.3) is 0 Å². The maximum absolute atomic E-state index is 14.9. The monoisotopic (exact) mass is 641 g/mol. The summed E-state index contributed by atoms with van der Waals surface area (Å²) in [6.45, 7) is 7.69. The molecule has 45 heavy (non-hydrogen) atoms. The summed E-state index contributed by atoms with van der Waals surface area (Å²) >= 11 is 1.14. The smallest absolute Gasteiger partial charge is 0.352 e. The summed E-state index contributed by atoms with van der Waals surface area (Å²) in [5, 5.41) is 0.130. The fraction of sp³-hybridized carbons (Fsp3) is 0.312. The summed E-state index contributed by atoms with van der Waals surface area (Å²) in [4.78, 5) is 38.5. The predicted octanol–water partition coefficient (Wildman–Crippen LogP) is 6.26. The van der Waals surface area contributed by atoms with Crippen LogP contribution in [0.15, 0.2) is 71.0 Å². The summed E-state index contributed by atoms with van der Waals surface area (Å²) in [5.41, 5.74) is -0.883. The number of piperazine rings is 1. The molecule has 2 aromatic heterocycles. The molecule has 0 bridgehead atoms. The van der Waals surface area contributed by atoms with E-state index < -0.39 is 35.0 Å². The molecule has 6 rings (SSSR count). The van der Waals surface area contributed by atoms with Gasteiger partial charge in [0.1, 0.15) is 17.5 Å². The summed E-state index contributed by atoms with van der Waals surface area (Å²) < 4.78 is 73.7. The minimum Gasteiger partial charge on any atom is -0.352 e. The molecule has 1 fully saturated rings. The number of amides is 1. The minimum atomic E-state index is -4.81. The van der Waals surface area contributed by atoms with Crippen LogP contribution in [0.5, 0.6) is 0 Å². The lowest BCUT2D eigenvalue weighted by molar-refractivity contribution is -0.137. The van der Waals surface area contributed by atoms with E-state index in [-0.39, 0.29) is 76.1 Å². The van der Waals surface area contributed by atoms with E-state index in [1.807, 2.05) is 13.8 Å². The second-order valence-electron chi connectivity index (χ2n) is 11.3. The van der Waals surface area contributed by atoms with Crippen molar-refractivity contribution in [1.82, 2.24) is 19.4 Å². The van der Waals surface area contributed by atoms with Crippen LogP contribution in [-0.2, 0) is 17.5 Å². The lowest BCUT2D eigenvalue weighted by Gasteiger charge is -2.44. The molecular weight excluding hydrogens is 613 g/mol. The Morgan fingerprint density at radius 3 is 2.29 bits per heavy atom. The number of anilines is 1. The summed E-state index contributed by atoms with van der Waals surface area (Å²) in [6, 6.07) is 7.82. The quantitative estimate of drug-likeness (QED) is 0.194. The van der Waals surface area contributed by atoms with Gasteiger partial charge < -0.3 is 9.80 Å². The van der Waals surface area contributed by atoms with E-state index in [4.69, 9.17) is 0 Å². The van der Waals surface area contributed by atoms with E-state index in [2.05, 4.69) is 16.5 Å². The average Bonchev–Trinajstić information content (AvgIpc) is 3.20. The first kappa shape index (κ1) is 30.8. The lowest BCUT2D eigenvalue weighted by Crippen LogP contribution is -2.58. The topological polar surface area (TPSA) is 71.3 Å². The zero-order chi connectivity index (χ0) is 32.2. The van der Waals surface area contributed by atoms with Crippen molar-refractivity contribution in [2.45, 2.75) is 49.5 Å². The molecule has 3 atom stereocenters. The van der Waals surface area contributed by atoms with Crippen LogP contribution in [0.1, 0.15) is 31.0 Å². The third kappa shape index (κ3) is 5.58. The van der Waals surface area contributed by atoms with E-state index in [0.717, 1.165) is 36.2 Å². The van der Waals surface area contributed by atoms with E-state index in [0.29, 0.717) is 5.69 Å². The Hall–Kier alpha value is -4.26. The number of benzene rings is 2. The van der Waals surface area contributed by atoms with Crippen molar-refractivity contribution in [2.75, 3.05) is 23.7 Å². The van der Waals surface area contributed by atoms with Crippen LogP contribution >= 0.6 is 11.8 Å². The molecule has 13 heteroatoms. The fourth-order valence-corrected chi connectivity index (χ4v) is 7.74. The number of alkyl halides is 3. The van der Waals surface area contributed by atoms with Gasteiger partial charge in [0.15, 0.2) is 0 Å². The zero-order valence-electron chi connectivity index (χ0n) is 24.3. The van der Waals surface area contributed by atoms with Gasteiger partial charge in [-0.05, 0) is 55.8 Å². The molecule has 4 aromatic rings. The van der Waals surface area contributed by atoms with Crippen molar-refractivity contribution in [1.29, 1.82) is 0 Å². The second-order valence-corrected chi connectivity index (χ2v) is 12.3. The van der Waals surface area contributed by atoms with Gasteiger partial charge in [0.2, 0.25) is 5.91 Å². The predicted molar refractivity (Wildman–Crippen MR) is 162 cm³/mol. The van der Waals surface area contributed by atoms with Crippen LogP contribution in [0.25, 0.3) is 22.0 Å². The molecule has 2 aromatic carbocycles. The highest BCUT2D eigenvalue weighted by Gasteiger charge is 2.40. The Labute approximate surface area is 259 Å². The molecule has 0 saturated carbocycles.